The Kier molecular flexibility index (Phi) is 5.14. The lowest BCUT2D eigenvalue weighted by molar-refractivity contribution is -0.132. The van der Waals surface area contributed by atoms with E-state index >= 15 is 0 Å². The monoisotopic (exact) mass is 300 g/mol. The summed E-state index contributed by atoms with van der Waals surface area (Å²) in [5.41, 5.74) is 2.39. The molecule has 1 amide bonds. The summed E-state index contributed by atoms with van der Waals surface area (Å²) in [6, 6.07) is 9.00. The van der Waals surface area contributed by atoms with Crippen molar-refractivity contribution in [1.82, 2.24) is 9.80 Å². The van der Waals surface area contributed by atoms with Crippen LogP contribution in [-0.4, -0.2) is 47.9 Å². The number of carbonyl (C=O) groups is 1. The third-order valence-corrected chi connectivity index (χ3v) is 5.36. The molecular weight excluding hydrogens is 272 g/mol. The highest BCUT2D eigenvalue weighted by molar-refractivity contribution is 5.79. The van der Waals surface area contributed by atoms with Gasteiger partial charge in [0.1, 0.15) is 0 Å². The molecule has 2 aliphatic rings. The highest BCUT2D eigenvalue weighted by Crippen LogP contribution is 2.23. The minimum absolute atomic E-state index is 0.289. The van der Waals surface area contributed by atoms with Gasteiger partial charge >= 0.3 is 0 Å². The van der Waals surface area contributed by atoms with Crippen molar-refractivity contribution in [2.24, 2.45) is 0 Å². The Labute approximate surface area is 134 Å². The van der Waals surface area contributed by atoms with Crippen molar-refractivity contribution in [2.75, 3.05) is 26.2 Å². The topological polar surface area (TPSA) is 23.6 Å². The fraction of sp³-hybridized carbons (Fsp3) is 0.632. The van der Waals surface area contributed by atoms with Crippen LogP contribution in [0.15, 0.2) is 24.3 Å². The zero-order valence-corrected chi connectivity index (χ0v) is 13.8. The molecule has 0 atom stereocenters. The van der Waals surface area contributed by atoms with E-state index in [0.29, 0.717) is 6.42 Å². The molecule has 2 fully saturated rings. The second kappa shape index (κ2) is 7.28. The van der Waals surface area contributed by atoms with E-state index in [-0.39, 0.29) is 5.91 Å². The summed E-state index contributed by atoms with van der Waals surface area (Å²) in [6.45, 7) is 6.01. The predicted octanol–water partition coefficient (Wildman–Crippen LogP) is 3.01. The molecule has 120 valence electrons. The van der Waals surface area contributed by atoms with E-state index < -0.39 is 0 Å². The average molecular weight is 300 g/mol. The van der Waals surface area contributed by atoms with Crippen molar-refractivity contribution >= 4 is 5.91 Å². The summed E-state index contributed by atoms with van der Waals surface area (Å²) >= 11 is 0. The first-order valence-corrected chi connectivity index (χ1v) is 8.80. The van der Waals surface area contributed by atoms with E-state index in [9.17, 15) is 4.79 Å². The van der Waals surface area contributed by atoms with Gasteiger partial charge in [-0.05, 0) is 30.9 Å². The summed E-state index contributed by atoms with van der Waals surface area (Å²) < 4.78 is 0. The van der Waals surface area contributed by atoms with Gasteiger partial charge in [0.2, 0.25) is 5.91 Å². The molecule has 1 saturated heterocycles. The first kappa shape index (κ1) is 15.5. The molecule has 0 N–H and O–H groups in total. The molecule has 0 spiro atoms. The number of piperazine rings is 1. The second-order valence-electron chi connectivity index (χ2n) is 6.81. The number of benzene rings is 1. The number of hydrogen-bond donors (Lipinski definition) is 0. The van der Waals surface area contributed by atoms with Crippen molar-refractivity contribution in [1.29, 1.82) is 0 Å². The standard InChI is InChI=1S/C19H28N2O/c1-16-7-5-6-8-17(16)15-19(22)21-13-11-20(12-14-21)18-9-3-2-4-10-18/h5-8,18H,2-4,9-15H2,1H3. The largest absolute Gasteiger partial charge is 0.340 e. The Balaban J connectivity index is 1.50. The highest BCUT2D eigenvalue weighted by Gasteiger charge is 2.26. The van der Waals surface area contributed by atoms with Gasteiger partial charge in [-0.15, -0.1) is 0 Å². The van der Waals surface area contributed by atoms with Crippen LogP contribution in [0.2, 0.25) is 0 Å². The maximum atomic E-state index is 12.5. The van der Waals surface area contributed by atoms with Gasteiger partial charge in [-0.25, -0.2) is 0 Å². The van der Waals surface area contributed by atoms with E-state index in [1.54, 1.807) is 0 Å². The van der Waals surface area contributed by atoms with Gasteiger partial charge in [-0.1, -0.05) is 43.5 Å². The van der Waals surface area contributed by atoms with Crippen molar-refractivity contribution in [3.8, 4) is 0 Å². The van der Waals surface area contributed by atoms with Crippen molar-refractivity contribution in [3.63, 3.8) is 0 Å². The van der Waals surface area contributed by atoms with Crippen molar-refractivity contribution < 1.29 is 4.79 Å². The Morgan fingerprint density at radius 3 is 2.41 bits per heavy atom. The summed E-state index contributed by atoms with van der Waals surface area (Å²) in [4.78, 5) is 17.2. The molecule has 3 nitrogen and oxygen atoms in total. The van der Waals surface area contributed by atoms with Crippen LogP contribution in [0, 0.1) is 6.92 Å². The number of rotatable bonds is 3. The zero-order chi connectivity index (χ0) is 15.4. The zero-order valence-electron chi connectivity index (χ0n) is 13.8. The van der Waals surface area contributed by atoms with Crippen LogP contribution in [0.1, 0.15) is 43.2 Å². The van der Waals surface area contributed by atoms with Gasteiger partial charge in [0, 0.05) is 32.2 Å². The third kappa shape index (κ3) is 3.70. The smallest absolute Gasteiger partial charge is 0.227 e. The summed E-state index contributed by atoms with van der Waals surface area (Å²) in [7, 11) is 0. The molecule has 22 heavy (non-hydrogen) atoms. The first-order valence-electron chi connectivity index (χ1n) is 8.80. The van der Waals surface area contributed by atoms with Gasteiger partial charge in [0.25, 0.3) is 0 Å². The molecule has 3 rings (SSSR count). The Bertz CT molecular complexity index is 500. The summed E-state index contributed by atoms with van der Waals surface area (Å²) in [6.07, 6.45) is 7.45. The second-order valence-corrected chi connectivity index (χ2v) is 6.81. The SMILES string of the molecule is Cc1ccccc1CC(=O)N1CCN(C2CCCCC2)CC1. The van der Waals surface area contributed by atoms with Crippen LogP contribution in [0.25, 0.3) is 0 Å². The van der Waals surface area contributed by atoms with Crippen LogP contribution < -0.4 is 0 Å². The van der Waals surface area contributed by atoms with E-state index in [1.165, 1.54) is 43.2 Å². The maximum absolute atomic E-state index is 12.5. The van der Waals surface area contributed by atoms with E-state index in [4.69, 9.17) is 0 Å². The molecule has 1 aromatic rings. The quantitative estimate of drug-likeness (QED) is 0.856. The lowest BCUT2D eigenvalue weighted by atomic mass is 9.94. The normalized spacial score (nSPS) is 21.0. The van der Waals surface area contributed by atoms with Gasteiger partial charge in [-0.3, -0.25) is 9.69 Å². The lowest BCUT2D eigenvalue weighted by Gasteiger charge is -2.40. The Morgan fingerprint density at radius 2 is 1.73 bits per heavy atom. The van der Waals surface area contributed by atoms with Gasteiger partial charge in [0.15, 0.2) is 0 Å². The Morgan fingerprint density at radius 1 is 1.05 bits per heavy atom. The van der Waals surface area contributed by atoms with E-state index in [2.05, 4.69) is 28.9 Å². The molecule has 1 heterocycles. The van der Waals surface area contributed by atoms with Crippen LogP contribution >= 0.6 is 0 Å². The van der Waals surface area contributed by atoms with Gasteiger partial charge in [-0.2, -0.15) is 0 Å². The Hall–Kier alpha value is -1.35. The van der Waals surface area contributed by atoms with Crippen molar-refractivity contribution in [3.05, 3.63) is 35.4 Å². The molecule has 3 heteroatoms. The summed E-state index contributed by atoms with van der Waals surface area (Å²) in [5, 5.41) is 0. The fourth-order valence-corrected chi connectivity index (χ4v) is 3.87. The maximum Gasteiger partial charge on any atom is 0.227 e. The molecule has 0 radical (unpaired) electrons. The fourth-order valence-electron chi connectivity index (χ4n) is 3.87. The van der Waals surface area contributed by atoms with Crippen LogP contribution in [-0.2, 0) is 11.2 Å². The number of nitrogens with zero attached hydrogens (tertiary/aromatic N) is 2. The number of carbonyl (C=O) groups excluding carboxylic acids is 1. The molecule has 0 bridgehead atoms. The number of amides is 1. The molecule has 1 aliphatic heterocycles. The number of hydrogen-bond acceptors (Lipinski definition) is 2. The van der Waals surface area contributed by atoms with E-state index in [1.807, 2.05) is 12.1 Å². The third-order valence-electron chi connectivity index (χ3n) is 5.36. The molecule has 1 aliphatic carbocycles. The molecule has 1 aromatic carbocycles. The number of aryl methyl sites for hydroxylation is 1. The first-order chi connectivity index (χ1) is 10.7. The minimum Gasteiger partial charge on any atom is -0.340 e. The average Bonchev–Trinajstić information content (AvgIpc) is 2.58. The van der Waals surface area contributed by atoms with E-state index in [0.717, 1.165) is 32.2 Å². The summed E-state index contributed by atoms with van der Waals surface area (Å²) in [5.74, 6) is 0.289. The van der Waals surface area contributed by atoms with Gasteiger partial charge < -0.3 is 4.90 Å². The molecule has 1 saturated carbocycles. The van der Waals surface area contributed by atoms with Gasteiger partial charge in [0.05, 0.1) is 6.42 Å². The van der Waals surface area contributed by atoms with Crippen LogP contribution in [0.4, 0.5) is 0 Å². The lowest BCUT2D eigenvalue weighted by Crippen LogP contribution is -2.52. The molecule has 0 aromatic heterocycles. The van der Waals surface area contributed by atoms with Crippen LogP contribution in [0.5, 0.6) is 0 Å². The van der Waals surface area contributed by atoms with Crippen LogP contribution in [0.3, 0.4) is 0 Å². The molecular formula is C19H28N2O. The minimum atomic E-state index is 0.289. The predicted molar refractivity (Wildman–Crippen MR) is 89.9 cm³/mol. The highest BCUT2D eigenvalue weighted by atomic mass is 16.2. The van der Waals surface area contributed by atoms with Crippen molar-refractivity contribution in [2.45, 2.75) is 51.5 Å². The molecule has 0 unspecified atom stereocenters.